The molecule has 1 aromatic carbocycles. The Hall–Kier alpha value is -1.81. The summed E-state index contributed by atoms with van der Waals surface area (Å²) >= 11 is 6.66. The lowest BCUT2D eigenvalue weighted by atomic mass is 9.68. The molecule has 2 rings (SSSR count). The van der Waals surface area contributed by atoms with Gasteiger partial charge in [0, 0.05) is 29.6 Å². The van der Waals surface area contributed by atoms with Crippen molar-refractivity contribution in [3.05, 3.63) is 46.1 Å². The molecule has 0 unspecified atom stereocenters. The van der Waals surface area contributed by atoms with Crippen LogP contribution in [0.4, 0.5) is 0 Å². The number of halogens is 1. The molecule has 4 nitrogen and oxygen atoms in total. The van der Waals surface area contributed by atoms with Crippen LogP contribution in [-0.2, 0) is 21.4 Å². The smallest absolute Gasteiger partial charge is 0.305 e. The van der Waals surface area contributed by atoms with Crippen molar-refractivity contribution in [2.24, 2.45) is 11.3 Å². The van der Waals surface area contributed by atoms with E-state index in [1.54, 1.807) is 4.90 Å². The van der Waals surface area contributed by atoms with Crippen molar-refractivity contribution in [3.63, 3.8) is 0 Å². The summed E-state index contributed by atoms with van der Waals surface area (Å²) < 4.78 is 0. The summed E-state index contributed by atoms with van der Waals surface area (Å²) in [5.41, 5.74) is 3.18. The van der Waals surface area contributed by atoms with Crippen LogP contribution >= 0.6 is 11.6 Å². The van der Waals surface area contributed by atoms with E-state index in [-0.39, 0.29) is 24.8 Å². The number of aliphatic carboxylic acids is 1. The standard InChI is InChI=1S/C25H36ClNO3/c1-17(2)20-16-27(13-11-23(29)30)22(28)15-25(20,6)19-10-9-18(21(26)14-19)8-7-12-24(3,4)5/h9-10,14,16-17H,7-8,11-13,15H2,1-6H3,(H,29,30)/t25-/m0/s1. The second-order valence-electron chi connectivity index (χ2n) is 10.2. The van der Waals surface area contributed by atoms with Gasteiger partial charge >= 0.3 is 5.97 Å². The monoisotopic (exact) mass is 433 g/mol. The van der Waals surface area contributed by atoms with Gasteiger partial charge in [-0.25, -0.2) is 0 Å². The maximum absolute atomic E-state index is 12.8. The molecule has 1 aliphatic heterocycles. The largest absolute Gasteiger partial charge is 0.481 e. The van der Waals surface area contributed by atoms with E-state index in [1.807, 2.05) is 12.3 Å². The van der Waals surface area contributed by atoms with Gasteiger partial charge in [0.15, 0.2) is 0 Å². The van der Waals surface area contributed by atoms with E-state index in [9.17, 15) is 9.59 Å². The maximum Gasteiger partial charge on any atom is 0.305 e. The number of benzene rings is 1. The second kappa shape index (κ2) is 9.55. The second-order valence-corrected chi connectivity index (χ2v) is 10.6. The quantitative estimate of drug-likeness (QED) is 0.529. The molecule has 1 aromatic rings. The van der Waals surface area contributed by atoms with Crippen molar-refractivity contribution in [1.82, 2.24) is 4.90 Å². The molecule has 0 radical (unpaired) electrons. The highest BCUT2D eigenvalue weighted by Crippen LogP contribution is 2.43. The molecule has 0 saturated heterocycles. The van der Waals surface area contributed by atoms with Crippen molar-refractivity contribution >= 4 is 23.5 Å². The number of nitrogens with zero attached hydrogens (tertiary/aromatic N) is 1. The van der Waals surface area contributed by atoms with E-state index in [2.05, 4.69) is 53.7 Å². The number of rotatable bonds is 8. The van der Waals surface area contributed by atoms with E-state index in [4.69, 9.17) is 16.7 Å². The number of carboxylic acids is 1. The highest BCUT2D eigenvalue weighted by atomic mass is 35.5. The maximum atomic E-state index is 12.8. The molecule has 1 amide bonds. The number of hydrogen-bond acceptors (Lipinski definition) is 2. The van der Waals surface area contributed by atoms with Gasteiger partial charge < -0.3 is 10.0 Å². The lowest BCUT2D eigenvalue weighted by Gasteiger charge is -2.41. The Balaban J connectivity index is 2.29. The minimum absolute atomic E-state index is 0.0477. The normalized spacial score (nSPS) is 19.9. The molecule has 1 heterocycles. The molecule has 166 valence electrons. The van der Waals surface area contributed by atoms with E-state index in [0.717, 1.165) is 41.0 Å². The first-order valence-electron chi connectivity index (χ1n) is 10.9. The van der Waals surface area contributed by atoms with Crippen LogP contribution in [0.2, 0.25) is 5.02 Å². The van der Waals surface area contributed by atoms with Crippen LogP contribution < -0.4 is 0 Å². The molecule has 0 aliphatic carbocycles. The van der Waals surface area contributed by atoms with Crippen LogP contribution in [0.15, 0.2) is 30.0 Å². The average Bonchev–Trinajstić information content (AvgIpc) is 2.60. The molecule has 1 N–H and O–H groups in total. The number of aryl methyl sites for hydroxylation is 1. The van der Waals surface area contributed by atoms with Crippen LogP contribution in [0, 0.1) is 11.3 Å². The third kappa shape index (κ3) is 6.10. The fourth-order valence-electron chi connectivity index (χ4n) is 4.25. The molecule has 0 fully saturated rings. The number of carbonyl (C=O) groups excluding carboxylic acids is 1. The fourth-order valence-corrected chi connectivity index (χ4v) is 4.53. The Labute approximate surface area is 186 Å². The molecule has 1 atom stereocenters. The summed E-state index contributed by atoms with van der Waals surface area (Å²) in [5.74, 6) is -0.723. The third-order valence-electron chi connectivity index (χ3n) is 6.01. The van der Waals surface area contributed by atoms with Gasteiger partial charge in [-0.1, -0.05) is 65.3 Å². The summed E-state index contributed by atoms with van der Waals surface area (Å²) in [6, 6.07) is 6.23. The van der Waals surface area contributed by atoms with Gasteiger partial charge in [0.2, 0.25) is 5.91 Å². The van der Waals surface area contributed by atoms with Gasteiger partial charge in [0.05, 0.1) is 6.42 Å². The number of amides is 1. The predicted molar refractivity (Wildman–Crippen MR) is 123 cm³/mol. The molecule has 30 heavy (non-hydrogen) atoms. The van der Waals surface area contributed by atoms with Crippen molar-refractivity contribution in [1.29, 1.82) is 0 Å². The third-order valence-corrected chi connectivity index (χ3v) is 6.36. The summed E-state index contributed by atoms with van der Waals surface area (Å²) in [7, 11) is 0. The highest BCUT2D eigenvalue weighted by Gasteiger charge is 2.40. The zero-order chi connectivity index (χ0) is 22.7. The Kier molecular flexibility index (Phi) is 7.79. The predicted octanol–water partition coefficient (Wildman–Crippen LogP) is 6.21. The van der Waals surface area contributed by atoms with Crippen molar-refractivity contribution in [2.45, 2.75) is 79.1 Å². The zero-order valence-electron chi connectivity index (χ0n) is 19.2. The van der Waals surface area contributed by atoms with Crippen LogP contribution in [0.25, 0.3) is 0 Å². The molecule has 0 spiro atoms. The van der Waals surface area contributed by atoms with Crippen LogP contribution in [-0.4, -0.2) is 28.4 Å². The summed E-state index contributed by atoms with van der Waals surface area (Å²) in [4.78, 5) is 25.3. The van der Waals surface area contributed by atoms with E-state index < -0.39 is 11.4 Å². The fraction of sp³-hybridized carbons (Fsp3) is 0.600. The van der Waals surface area contributed by atoms with Gasteiger partial charge in [-0.05, 0) is 53.4 Å². The molecule has 0 saturated carbocycles. The molecule has 0 bridgehead atoms. The Morgan fingerprint density at radius 1 is 1.30 bits per heavy atom. The minimum atomic E-state index is -0.899. The Morgan fingerprint density at radius 3 is 2.50 bits per heavy atom. The van der Waals surface area contributed by atoms with Crippen molar-refractivity contribution < 1.29 is 14.7 Å². The SMILES string of the molecule is CC(C)C1=CN(CCC(=O)O)C(=O)C[C@@]1(C)c1ccc(CCCC(C)(C)C)c(Cl)c1. The van der Waals surface area contributed by atoms with Gasteiger partial charge in [-0.3, -0.25) is 9.59 Å². The Morgan fingerprint density at radius 2 is 1.97 bits per heavy atom. The first-order chi connectivity index (χ1) is 13.8. The van der Waals surface area contributed by atoms with E-state index in [0.29, 0.717) is 11.8 Å². The first-order valence-corrected chi connectivity index (χ1v) is 11.2. The first kappa shape index (κ1) is 24.5. The number of carboxylic acid groups (broad SMARTS) is 1. The van der Waals surface area contributed by atoms with Gasteiger partial charge in [-0.2, -0.15) is 0 Å². The number of hydrogen-bond donors (Lipinski definition) is 1. The van der Waals surface area contributed by atoms with E-state index >= 15 is 0 Å². The summed E-state index contributed by atoms with van der Waals surface area (Å²) in [5, 5.41) is 9.73. The number of carbonyl (C=O) groups is 2. The topological polar surface area (TPSA) is 57.6 Å². The van der Waals surface area contributed by atoms with Gasteiger partial charge in [0.1, 0.15) is 0 Å². The highest BCUT2D eigenvalue weighted by molar-refractivity contribution is 6.31. The van der Waals surface area contributed by atoms with Crippen molar-refractivity contribution in [3.8, 4) is 0 Å². The summed E-state index contributed by atoms with van der Waals surface area (Å²) in [6.45, 7) is 13.3. The van der Waals surface area contributed by atoms with E-state index in [1.165, 1.54) is 0 Å². The molecule has 1 aliphatic rings. The molecular weight excluding hydrogens is 398 g/mol. The average molecular weight is 434 g/mol. The van der Waals surface area contributed by atoms with Crippen molar-refractivity contribution in [2.75, 3.05) is 6.54 Å². The molecule has 0 aromatic heterocycles. The van der Waals surface area contributed by atoms with Gasteiger partial charge in [0.25, 0.3) is 0 Å². The van der Waals surface area contributed by atoms with Crippen LogP contribution in [0.3, 0.4) is 0 Å². The van der Waals surface area contributed by atoms with Crippen LogP contribution in [0.1, 0.15) is 78.4 Å². The zero-order valence-corrected chi connectivity index (χ0v) is 20.0. The molecular formula is C25H36ClNO3. The van der Waals surface area contributed by atoms with Crippen LogP contribution in [0.5, 0.6) is 0 Å². The summed E-state index contributed by atoms with van der Waals surface area (Å²) in [6.07, 6.45) is 5.31. The lowest BCUT2D eigenvalue weighted by Crippen LogP contribution is -2.42. The number of allylic oxidation sites excluding steroid dienone is 1. The van der Waals surface area contributed by atoms with Gasteiger partial charge in [-0.15, -0.1) is 0 Å². The Bertz CT molecular complexity index is 822. The lowest BCUT2D eigenvalue weighted by molar-refractivity contribution is -0.138. The molecule has 5 heteroatoms. The minimum Gasteiger partial charge on any atom is -0.481 e.